The van der Waals surface area contributed by atoms with E-state index in [1.54, 1.807) is 36.2 Å². The molecule has 132 valence electrons. The van der Waals surface area contributed by atoms with Crippen molar-refractivity contribution in [1.82, 2.24) is 20.3 Å². The molecule has 1 amide bonds. The van der Waals surface area contributed by atoms with Gasteiger partial charge in [0.2, 0.25) is 0 Å². The number of nitrogens with zero attached hydrogens (tertiary/aromatic N) is 3. The van der Waals surface area contributed by atoms with Crippen LogP contribution in [-0.2, 0) is 16.1 Å². The fourth-order valence-corrected chi connectivity index (χ4v) is 2.94. The molecular weight excluding hydrogens is 332 g/mol. The van der Waals surface area contributed by atoms with E-state index >= 15 is 0 Å². The number of fused-ring (bicyclic) bond motifs is 1. The molecule has 3 rings (SSSR count). The normalized spacial score (nSPS) is 14.4. The van der Waals surface area contributed by atoms with Crippen molar-refractivity contribution in [1.29, 1.82) is 0 Å². The lowest BCUT2D eigenvalue weighted by Crippen LogP contribution is -2.27. The summed E-state index contributed by atoms with van der Waals surface area (Å²) in [6, 6.07) is 5.60. The molecule has 1 aliphatic rings. The van der Waals surface area contributed by atoms with Crippen molar-refractivity contribution in [2.45, 2.75) is 13.5 Å². The molecule has 1 aromatic carbocycles. The van der Waals surface area contributed by atoms with E-state index in [1.807, 2.05) is 12.1 Å². The maximum absolute atomic E-state index is 13.0. The van der Waals surface area contributed by atoms with Gasteiger partial charge in [-0.2, -0.15) is 0 Å². The van der Waals surface area contributed by atoms with Crippen LogP contribution in [0.4, 0.5) is 0 Å². The van der Waals surface area contributed by atoms with Gasteiger partial charge in [0.05, 0.1) is 36.8 Å². The van der Waals surface area contributed by atoms with Crippen molar-refractivity contribution < 1.29 is 14.3 Å². The SMILES string of the molecule is C=C/C=C(C(=O)OC)\C(=C/C)N1Cc2ccc(-c3cnn[nH]3)cc2C1=O. The second-order valence-corrected chi connectivity index (χ2v) is 5.61. The van der Waals surface area contributed by atoms with Crippen LogP contribution in [-0.4, -0.2) is 39.3 Å². The van der Waals surface area contributed by atoms with Crippen LogP contribution in [0.2, 0.25) is 0 Å². The second-order valence-electron chi connectivity index (χ2n) is 5.61. The number of benzene rings is 1. The summed E-state index contributed by atoms with van der Waals surface area (Å²) in [7, 11) is 1.30. The molecule has 0 bridgehead atoms. The van der Waals surface area contributed by atoms with Crippen LogP contribution in [0, 0.1) is 0 Å². The number of ether oxygens (including phenoxy) is 1. The number of esters is 1. The molecule has 1 N–H and O–H groups in total. The summed E-state index contributed by atoms with van der Waals surface area (Å²) in [5.41, 5.74) is 3.78. The summed E-state index contributed by atoms with van der Waals surface area (Å²) in [5.74, 6) is -0.702. The molecule has 0 aliphatic carbocycles. The summed E-state index contributed by atoms with van der Waals surface area (Å²) >= 11 is 0. The zero-order valence-corrected chi connectivity index (χ0v) is 14.5. The molecule has 0 atom stereocenters. The molecule has 2 aromatic rings. The van der Waals surface area contributed by atoms with E-state index in [0.717, 1.165) is 16.8 Å². The standard InChI is InChI=1S/C19H18N4O3/c1-4-6-14(19(25)26-3)17(5-2)23-11-13-8-7-12(9-15(13)18(23)24)16-10-20-22-21-16/h4-10H,1,11H2,2-3H3,(H,20,21,22)/b14-6+,17-5+. The lowest BCUT2D eigenvalue weighted by molar-refractivity contribution is -0.135. The van der Waals surface area contributed by atoms with E-state index in [0.29, 0.717) is 17.8 Å². The van der Waals surface area contributed by atoms with Crippen LogP contribution in [0.25, 0.3) is 11.3 Å². The van der Waals surface area contributed by atoms with Gasteiger partial charge in [-0.15, -0.1) is 5.10 Å². The Kier molecular flexibility index (Phi) is 4.79. The van der Waals surface area contributed by atoms with Crippen LogP contribution in [0.1, 0.15) is 22.8 Å². The van der Waals surface area contributed by atoms with Crippen molar-refractivity contribution in [2.75, 3.05) is 7.11 Å². The van der Waals surface area contributed by atoms with Crippen LogP contribution in [0.3, 0.4) is 0 Å². The molecule has 0 saturated carbocycles. The third-order valence-corrected chi connectivity index (χ3v) is 4.17. The number of hydrogen-bond donors (Lipinski definition) is 1. The second kappa shape index (κ2) is 7.18. The topological polar surface area (TPSA) is 88.2 Å². The van der Waals surface area contributed by atoms with Gasteiger partial charge in [0.25, 0.3) is 5.91 Å². The third-order valence-electron chi connectivity index (χ3n) is 4.17. The Morgan fingerprint density at radius 3 is 2.85 bits per heavy atom. The minimum Gasteiger partial charge on any atom is -0.465 e. The Bertz CT molecular complexity index is 926. The molecule has 7 heteroatoms. The highest BCUT2D eigenvalue weighted by molar-refractivity contribution is 6.03. The van der Waals surface area contributed by atoms with Gasteiger partial charge in [0.15, 0.2) is 0 Å². The van der Waals surface area contributed by atoms with Crippen molar-refractivity contribution in [2.24, 2.45) is 0 Å². The highest BCUT2D eigenvalue weighted by atomic mass is 16.5. The Hall–Kier alpha value is -3.48. The van der Waals surface area contributed by atoms with Gasteiger partial charge in [-0.05, 0) is 24.6 Å². The number of carbonyl (C=O) groups is 2. The summed E-state index contributed by atoms with van der Waals surface area (Å²) in [4.78, 5) is 26.7. The van der Waals surface area contributed by atoms with E-state index in [9.17, 15) is 9.59 Å². The fourth-order valence-electron chi connectivity index (χ4n) is 2.94. The van der Waals surface area contributed by atoms with Crippen LogP contribution in [0.5, 0.6) is 0 Å². The Morgan fingerprint density at radius 2 is 2.23 bits per heavy atom. The minimum atomic E-state index is -0.522. The molecule has 2 heterocycles. The molecule has 0 unspecified atom stereocenters. The third kappa shape index (κ3) is 2.95. The number of allylic oxidation sites excluding steroid dienone is 3. The molecule has 1 aliphatic heterocycles. The first-order chi connectivity index (χ1) is 12.6. The van der Waals surface area contributed by atoms with Crippen molar-refractivity contribution in [3.8, 4) is 11.3 Å². The smallest absolute Gasteiger partial charge is 0.339 e. The minimum absolute atomic E-state index is 0.179. The number of H-pyrrole nitrogens is 1. The van der Waals surface area contributed by atoms with E-state index in [2.05, 4.69) is 22.0 Å². The van der Waals surface area contributed by atoms with Crippen molar-refractivity contribution >= 4 is 11.9 Å². The maximum atomic E-state index is 13.0. The predicted octanol–water partition coefficient (Wildman–Crippen LogP) is 2.62. The average Bonchev–Trinajstić information content (AvgIpc) is 3.30. The zero-order valence-electron chi connectivity index (χ0n) is 14.5. The van der Waals surface area contributed by atoms with Gasteiger partial charge in [0, 0.05) is 11.1 Å². The highest BCUT2D eigenvalue weighted by Crippen LogP contribution is 2.32. The average molecular weight is 350 g/mol. The van der Waals surface area contributed by atoms with Crippen molar-refractivity contribution in [3.05, 3.63) is 71.6 Å². The molecule has 1 aromatic heterocycles. The van der Waals surface area contributed by atoms with Crippen LogP contribution in [0.15, 0.2) is 60.5 Å². The van der Waals surface area contributed by atoms with Crippen LogP contribution >= 0.6 is 0 Å². The summed E-state index contributed by atoms with van der Waals surface area (Å²) in [6.07, 6.45) is 6.35. The number of methoxy groups -OCH3 is 1. The molecule has 0 fully saturated rings. The van der Waals surface area contributed by atoms with E-state index < -0.39 is 5.97 Å². The van der Waals surface area contributed by atoms with Gasteiger partial charge in [-0.25, -0.2) is 4.79 Å². The monoisotopic (exact) mass is 350 g/mol. The number of carbonyl (C=O) groups excluding carboxylic acids is 2. The quantitative estimate of drug-likeness (QED) is 0.509. The first-order valence-electron chi connectivity index (χ1n) is 7.99. The summed E-state index contributed by atoms with van der Waals surface area (Å²) in [5, 5.41) is 10.2. The lowest BCUT2D eigenvalue weighted by atomic mass is 10.0. The molecule has 0 radical (unpaired) electrons. The van der Waals surface area contributed by atoms with Crippen molar-refractivity contribution in [3.63, 3.8) is 0 Å². The van der Waals surface area contributed by atoms with Crippen LogP contribution < -0.4 is 0 Å². The number of aromatic nitrogens is 3. The maximum Gasteiger partial charge on any atom is 0.339 e. The summed E-state index contributed by atoms with van der Waals surface area (Å²) in [6.45, 7) is 5.78. The van der Waals surface area contributed by atoms with Gasteiger partial charge >= 0.3 is 5.97 Å². The van der Waals surface area contributed by atoms with Gasteiger partial charge in [0.1, 0.15) is 0 Å². The van der Waals surface area contributed by atoms with Gasteiger partial charge in [-0.1, -0.05) is 36.1 Å². The number of rotatable bonds is 5. The van der Waals surface area contributed by atoms with E-state index in [4.69, 9.17) is 4.74 Å². The van der Waals surface area contributed by atoms with Gasteiger partial charge in [-0.3, -0.25) is 9.89 Å². The molecular formula is C19H18N4O3. The predicted molar refractivity (Wildman–Crippen MR) is 95.7 cm³/mol. The number of amides is 1. The summed E-state index contributed by atoms with van der Waals surface area (Å²) < 4.78 is 4.84. The van der Waals surface area contributed by atoms with E-state index in [1.165, 1.54) is 13.2 Å². The molecule has 26 heavy (non-hydrogen) atoms. The number of nitrogens with one attached hydrogen (secondary N) is 1. The molecule has 7 nitrogen and oxygen atoms in total. The number of aromatic amines is 1. The zero-order chi connectivity index (χ0) is 18.7. The molecule has 0 saturated heterocycles. The van der Waals surface area contributed by atoms with Gasteiger partial charge < -0.3 is 9.64 Å². The fraction of sp³-hybridized carbons (Fsp3) is 0.158. The van der Waals surface area contributed by atoms with E-state index in [-0.39, 0.29) is 11.5 Å². The first kappa shape index (κ1) is 17.3. The Labute approximate surface area is 150 Å². The molecule has 0 spiro atoms. The highest BCUT2D eigenvalue weighted by Gasteiger charge is 2.32. The first-order valence-corrected chi connectivity index (χ1v) is 7.99. The lowest BCUT2D eigenvalue weighted by Gasteiger charge is -2.20. The Balaban J connectivity index is 1.97. The largest absolute Gasteiger partial charge is 0.465 e. The Morgan fingerprint density at radius 1 is 1.42 bits per heavy atom. The number of hydrogen-bond acceptors (Lipinski definition) is 5.